The number of amides is 4. The van der Waals surface area contributed by atoms with Crippen LogP contribution in [0.3, 0.4) is 0 Å². The van der Waals surface area contributed by atoms with Crippen LogP contribution in [-0.4, -0.2) is 65.9 Å². The fourth-order valence-corrected chi connectivity index (χ4v) is 4.44. The first-order chi connectivity index (χ1) is 16.2. The number of hydrogen-bond acceptors (Lipinski definition) is 3. The van der Waals surface area contributed by atoms with Gasteiger partial charge in [-0.05, 0) is 51.0 Å². The molecular formula is C26H35N5O3. The highest BCUT2D eigenvalue weighted by Crippen LogP contribution is 2.34. The van der Waals surface area contributed by atoms with Crippen LogP contribution in [0.2, 0.25) is 0 Å². The highest BCUT2D eigenvalue weighted by atomic mass is 16.2. The second-order valence-corrected chi connectivity index (χ2v) is 8.81. The Kier molecular flexibility index (Phi) is 7.49. The first kappa shape index (κ1) is 25.1. The van der Waals surface area contributed by atoms with Crippen molar-refractivity contribution in [3.63, 3.8) is 0 Å². The number of fused-ring (bicyclic) bond motifs is 1. The molecule has 0 radical (unpaired) electrons. The third kappa shape index (κ3) is 4.85. The van der Waals surface area contributed by atoms with Gasteiger partial charge in [-0.3, -0.25) is 9.59 Å². The van der Waals surface area contributed by atoms with Gasteiger partial charge in [-0.1, -0.05) is 25.5 Å². The molecule has 3 heterocycles. The average Bonchev–Trinajstić information content (AvgIpc) is 3.46. The van der Waals surface area contributed by atoms with E-state index in [9.17, 15) is 14.4 Å². The Morgan fingerprint density at radius 2 is 1.88 bits per heavy atom. The van der Waals surface area contributed by atoms with Crippen molar-refractivity contribution in [3.8, 4) is 0 Å². The number of aromatic nitrogens is 1. The number of aromatic amines is 1. The van der Waals surface area contributed by atoms with E-state index in [-0.39, 0.29) is 23.9 Å². The molecule has 0 bridgehead atoms. The molecule has 1 saturated heterocycles. The van der Waals surface area contributed by atoms with Crippen LogP contribution in [0, 0.1) is 20.8 Å². The summed E-state index contributed by atoms with van der Waals surface area (Å²) in [6.07, 6.45) is 2.54. The van der Waals surface area contributed by atoms with Gasteiger partial charge in [-0.15, -0.1) is 0 Å². The fourth-order valence-electron chi connectivity index (χ4n) is 4.44. The van der Waals surface area contributed by atoms with Crippen molar-refractivity contribution in [3.05, 3.63) is 51.8 Å². The summed E-state index contributed by atoms with van der Waals surface area (Å²) in [6.45, 7) is 10.8. The molecule has 2 aliphatic heterocycles. The number of hydrogen-bond donors (Lipinski definition) is 3. The van der Waals surface area contributed by atoms with Crippen LogP contribution < -0.4 is 10.6 Å². The minimum absolute atomic E-state index is 0.0463. The number of carbonyl (C=O) groups excluding carboxylic acids is 3. The van der Waals surface area contributed by atoms with Gasteiger partial charge in [-0.2, -0.15) is 0 Å². The quantitative estimate of drug-likeness (QED) is 0.599. The van der Waals surface area contributed by atoms with Crippen LogP contribution in [0.25, 0.3) is 11.6 Å². The number of urea groups is 1. The molecule has 1 unspecified atom stereocenters. The molecule has 1 aromatic heterocycles. The van der Waals surface area contributed by atoms with E-state index < -0.39 is 0 Å². The lowest BCUT2D eigenvalue weighted by Crippen LogP contribution is -2.41. The molecule has 3 N–H and O–H groups in total. The van der Waals surface area contributed by atoms with Crippen LogP contribution in [-0.2, 0) is 4.79 Å². The third-order valence-corrected chi connectivity index (χ3v) is 6.13. The number of anilines is 1. The Bertz CT molecular complexity index is 1150. The summed E-state index contributed by atoms with van der Waals surface area (Å²) in [4.78, 5) is 44.3. The zero-order valence-corrected chi connectivity index (χ0v) is 21.1. The summed E-state index contributed by atoms with van der Waals surface area (Å²) in [6, 6.07) is 5.72. The standard InChI is InChI=1S/C24H29N5O3.C2H6/c1-13-6-7-19-17(10-13)18(22(30)27-19)11-20-14(2)21(15(3)25-20)23(31)26-16-8-9-29(12-16)24(32)28(4)5;1-2/h6-7,10-11,16,25H,8-9,12H2,1-5H3,(H,26,31)(H,27,30);1-2H3/b18-11-;. The average molecular weight is 466 g/mol. The zero-order chi connectivity index (χ0) is 25.2. The summed E-state index contributed by atoms with van der Waals surface area (Å²) in [5.74, 6) is -0.322. The molecule has 8 nitrogen and oxygen atoms in total. The summed E-state index contributed by atoms with van der Waals surface area (Å²) < 4.78 is 0. The van der Waals surface area contributed by atoms with Gasteiger partial charge in [0.15, 0.2) is 0 Å². The van der Waals surface area contributed by atoms with Gasteiger partial charge in [0.05, 0.1) is 11.1 Å². The van der Waals surface area contributed by atoms with E-state index in [1.807, 2.05) is 58.9 Å². The van der Waals surface area contributed by atoms with Crippen LogP contribution in [0.15, 0.2) is 18.2 Å². The van der Waals surface area contributed by atoms with E-state index in [1.54, 1.807) is 23.9 Å². The van der Waals surface area contributed by atoms with E-state index in [2.05, 4.69) is 15.6 Å². The van der Waals surface area contributed by atoms with E-state index in [0.717, 1.165) is 40.2 Å². The second kappa shape index (κ2) is 10.2. The lowest BCUT2D eigenvalue weighted by atomic mass is 10.0. The van der Waals surface area contributed by atoms with Crippen molar-refractivity contribution in [1.82, 2.24) is 20.1 Å². The van der Waals surface area contributed by atoms with Crippen molar-refractivity contribution in [1.29, 1.82) is 0 Å². The first-order valence-corrected chi connectivity index (χ1v) is 11.8. The molecule has 4 amide bonds. The van der Waals surface area contributed by atoms with Crippen molar-refractivity contribution in [2.24, 2.45) is 0 Å². The van der Waals surface area contributed by atoms with Crippen molar-refractivity contribution < 1.29 is 14.4 Å². The van der Waals surface area contributed by atoms with Gasteiger partial charge >= 0.3 is 6.03 Å². The molecule has 8 heteroatoms. The maximum atomic E-state index is 13.1. The van der Waals surface area contributed by atoms with Crippen LogP contribution in [0.4, 0.5) is 10.5 Å². The highest BCUT2D eigenvalue weighted by Gasteiger charge is 2.30. The lowest BCUT2D eigenvalue weighted by Gasteiger charge is -2.21. The fraction of sp³-hybridized carbons (Fsp3) is 0.423. The van der Waals surface area contributed by atoms with Crippen molar-refractivity contribution in [2.75, 3.05) is 32.5 Å². The molecule has 1 atom stereocenters. The normalized spacial score (nSPS) is 17.7. The smallest absolute Gasteiger partial charge is 0.319 e. The van der Waals surface area contributed by atoms with E-state index in [1.165, 1.54) is 0 Å². The Morgan fingerprint density at radius 3 is 2.56 bits per heavy atom. The monoisotopic (exact) mass is 465 g/mol. The molecule has 4 rings (SSSR count). The van der Waals surface area contributed by atoms with Gasteiger partial charge in [0.25, 0.3) is 11.8 Å². The molecule has 0 saturated carbocycles. The van der Waals surface area contributed by atoms with Gasteiger partial charge in [0, 0.05) is 55.9 Å². The molecule has 2 aliphatic rings. The number of rotatable bonds is 3. The minimum atomic E-state index is -0.169. The molecule has 34 heavy (non-hydrogen) atoms. The van der Waals surface area contributed by atoms with Gasteiger partial charge in [-0.25, -0.2) is 4.79 Å². The lowest BCUT2D eigenvalue weighted by molar-refractivity contribution is -0.110. The number of benzene rings is 1. The molecule has 0 spiro atoms. The number of nitrogens with zero attached hydrogens (tertiary/aromatic N) is 2. The Balaban J connectivity index is 0.00000158. The minimum Gasteiger partial charge on any atom is -0.358 e. The Hall–Kier alpha value is -3.55. The SMILES string of the molecule is CC.Cc1ccc2c(c1)/C(=C/c1[nH]c(C)c(C(=O)NC3CCN(C(=O)N(C)C)C3)c1C)C(=O)N2. The van der Waals surface area contributed by atoms with Crippen molar-refractivity contribution >= 4 is 35.2 Å². The topological polar surface area (TPSA) is 97.5 Å². The van der Waals surface area contributed by atoms with Gasteiger partial charge in [0.1, 0.15) is 0 Å². The Labute approximate surface area is 201 Å². The summed E-state index contributed by atoms with van der Waals surface area (Å²) in [5.41, 5.74) is 6.17. The van der Waals surface area contributed by atoms with E-state index >= 15 is 0 Å². The van der Waals surface area contributed by atoms with Crippen molar-refractivity contribution in [2.45, 2.75) is 47.1 Å². The molecule has 182 valence electrons. The number of likely N-dealkylation sites (tertiary alicyclic amines) is 1. The number of nitrogens with one attached hydrogen (secondary N) is 3. The van der Waals surface area contributed by atoms with Crippen LogP contribution in [0.1, 0.15) is 58.7 Å². The third-order valence-electron chi connectivity index (χ3n) is 6.13. The van der Waals surface area contributed by atoms with Crippen LogP contribution in [0.5, 0.6) is 0 Å². The second-order valence-electron chi connectivity index (χ2n) is 8.81. The van der Waals surface area contributed by atoms with Crippen LogP contribution >= 0.6 is 0 Å². The predicted octanol–water partition coefficient (Wildman–Crippen LogP) is 3.94. The van der Waals surface area contributed by atoms with Gasteiger partial charge < -0.3 is 25.4 Å². The summed E-state index contributed by atoms with van der Waals surface area (Å²) >= 11 is 0. The first-order valence-electron chi connectivity index (χ1n) is 11.8. The molecule has 1 aromatic carbocycles. The predicted molar refractivity (Wildman–Crippen MR) is 136 cm³/mol. The maximum Gasteiger partial charge on any atom is 0.319 e. The Morgan fingerprint density at radius 1 is 1.18 bits per heavy atom. The molecule has 2 aromatic rings. The van der Waals surface area contributed by atoms with E-state index in [0.29, 0.717) is 24.2 Å². The summed E-state index contributed by atoms with van der Waals surface area (Å²) in [5, 5.41) is 5.96. The molecular weight excluding hydrogens is 430 g/mol. The number of aryl methyl sites for hydroxylation is 2. The highest BCUT2D eigenvalue weighted by molar-refractivity contribution is 6.35. The molecule has 1 fully saturated rings. The zero-order valence-electron chi connectivity index (χ0n) is 21.1. The largest absolute Gasteiger partial charge is 0.358 e. The number of H-pyrrole nitrogens is 1. The van der Waals surface area contributed by atoms with Gasteiger partial charge in [0.2, 0.25) is 0 Å². The maximum absolute atomic E-state index is 13.1. The molecule has 0 aliphatic carbocycles. The number of carbonyl (C=O) groups is 3. The summed E-state index contributed by atoms with van der Waals surface area (Å²) in [7, 11) is 3.45. The van der Waals surface area contributed by atoms with E-state index in [4.69, 9.17) is 0 Å².